The van der Waals surface area contributed by atoms with Crippen LogP contribution in [0.25, 0.3) is 0 Å². The summed E-state index contributed by atoms with van der Waals surface area (Å²) >= 11 is 0. The van der Waals surface area contributed by atoms with Gasteiger partial charge in [0.15, 0.2) is 0 Å². The first-order valence-electron chi connectivity index (χ1n) is 7.90. The average Bonchev–Trinajstić information content (AvgIpc) is 2.53. The van der Waals surface area contributed by atoms with Crippen molar-refractivity contribution in [3.05, 3.63) is 60.7 Å². The maximum Gasteiger partial charge on any atom is 0.631 e. The average molecular weight is 347 g/mol. The van der Waals surface area contributed by atoms with Crippen LogP contribution in [0.3, 0.4) is 0 Å². The normalized spacial score (nSPS) is 11.4. The number of benzene rings is 2. The zero-order valence-corrected chi connectivity index (χ0v) is 15.0. The molecule has 2 rings (SSSR count). The second-order valence-electron chi connectivity index (χ2n) is 6.47. The zero-order chi connectivity index (χ0) is 19.1. The first kappa shape index (κ1) is 21.1. The number of nitrogens with zero attached hydrogens (tertiary/aromatic N) is 1. The molecule has 2 aromatic carbocycles. The molecule has 7 heteroatoms. The summed E-state index contributed by atoms with van der Waals surface area (Å²) in [5.74, 6) is 0. The van der Waals surface area contributed by atoms with E-state index in [1.165, 1.54) is 0 Å². The van der Waals surface area contributed by atoms with Crippen molar-refractivity contribution in [1.82, 2.24) is 0 Å². The summed E-state index contributed by atoms with van der Waals surface area (Å²) in [6.07, 6.45) is 0. The first-order chi connectivity index (χ1) is 11.5. The Hall–Kier alpha value is -1.90. The van der Waals surface area contributed by atoms with E-state index in [1.807, 2.05) is 74.5 Å². The van der Waals surface area contributed by atoms with E-state index < -0.39 is 18.5 Å². The molecule has 0 fully saturated rings. The Morgan fingerprint density at radius 2 is 1.08 bits per heavy atom. The molecule has 25 heavy (non-hydrogen) atoms. The minimum Gasteiger partial charge on any atom is -0.402 e. The smallest absolute Gasteiger partial charge is 0.402 e. The molecule has 0 aliphatic rings. The molecule has 0 saturated carbocycles. The Kier molecular flexibility index (Phi) is 7.60. The van der Waals surface area contributed by atoms with E-state index in [1.54, 1.807) is 18.9 Å². The van der Waals surface area contributed by atoms with Crippen LogP contribution in [0, 0.1) is 0 Å². The van der Waals surface area contributed by atoms with Crippen LogP contribution in [-0.4, -0.2) is 38.7 Å². The van der Waals surface area contributed by atoms with Crippen LogP contribution >= 0.6 is 0 Å². The zero-order valence-electron chi connectivity index (χ0n) is 15.0. The fraction of sp³-hybridized carbons (Fsp3) is 0.333. The van der Waals surface area contributed by atoms with Gasteiger partial charge in [-0.15, -0.1) is 0 Å². The number of hydrogen-bond acceptors (Lipinski definition) is 6. The first-order valence-corrected chi connectivity index (χ1v) is 7.90. The SMILES string of the molecule is CC(C)(O)C(C)(C)ON(c1ccccc1)c1ccccc1.OB(O)O. The molecule has 0 heterocycles. The highest BCUT2D eigenvalue weighted by atomic mass is 16.7. The molecule has 0 atom stereocenters. The van der Waals surface area contributed by atoms with Crippen LogP contribution in [0.2, 0.25) is 0 Å². The molecule has 0 radical (unpaired) electrons. The molecule has 0 bridgehead atoms. The van der Waals surface area contributed by atoms with Crippen LogP contribution in [0.4, 0.5) is 11.4 Å². The number of hydrogen-bond donors (Lipinski definition) is 4. The van der Waals surface area contributed by atoms with Gasteiger partial charge in [0.2, 0.25) is 0 Å². The highest BCUT2D eigenvalue weighted by Crippen LogP contribution is 2.33. The van der Waals surface area contributed by atoms with E-state index in [0.29, 0.717) is 0 Å². The van der Waals surface area contributed by atoms with E-state index in [9.17, 15) is 5.11 Å². The Balaban J connectivity index is 0.000000705. The molecule has 0 saturated heterocycles. The van der Waals surface area contributed by atoms with Crippen molar-refractivity contribution in [2.75, 3.05) is 5.06 Å². The largest absolute Gasteiger partial charge is 0.631 e. The maximum atomic E-state index is 10.3. The van der Waals surface area contributed by atoms with Crippen molar-refractivity contribution >= 4 is 18.7 Å². The Labute approximate surface area is 149 Å². The molecule has 0 unspecified atom stereocenters. The van der Waals surface area contributed by atoms with Crippen LogP contribution in [0.1, 0.15) is 27.7 Å². The van der Waals surface area contributed by atoms with Crippen molar-refractivity contribution in [2.45, 2.75) is 38.9 Å². The minimum absolute atomic E-state index is 0.751. The number of aliphatic hydroxyl groups is 1. The molecule has 0 aromatic heterocycles. The van der Waals surface area contributed by atoms with Crippen molar-refractivity contribution in [2.24, 2.45) is 0 Å². The number of anilines is 2. The Bertz CT molecular complexity index is 572. The quantitative estimate of drug-likeness (QED) is 0.490. The molecular weight excluding hydrogens is 321 g/mol. The predicted molar refractivity (Wildman–Crippen MR) is 98.9 cm³/mol. The van der Waals surface area contributed by atoms with Crippen LogP contribution in [0.15, 0.2) is 60.7 Å². The summed E-state index contributed by atoms with van der Waals surface area (Å²) in [6.45, 7) is 7.26. The van der Waals surface area contributed by atoms with Crippen molar-refractivity contribution < 1.29 is 25.0 Å². The van der Waals surface area contributed by atoms with Crippen LogP contribution in [-0.2, 0) is 4.84 Å². The standard InChI is InChI=1S/C18H23NO2.BH3O3/c1-17(2,20)18(3,4)21-19(15-11-7-5-8-12-15)16-13-9-6-10-14-16;2-1(3)4/h5-14,20H,1-4H3;2-4H. The molecular formula is C18H26BNO5. The van der Waals surface area contributed by atoms with Gasteiger partial charge in [0.05, 0.1) is 17.0 Å². The van der Waals surface area contributed by atoms with E-state index in [-0.39, 0.29) is 0 Å². The van der Waals surface area contributed by atoms with E-state index in [4.69, 9.17) is 19.9 Å². The molecule has 0 aliphatic heterocycles. The van der Waals surface area contributed by atoms with Crippen molar-refractivity contribution in [3.63, 3.8) is 0 Å². The van der Waals surface area contributed by atoms with Crippen molar-refractivity contribution in [3.8, 4) is 0 Å². The highest BCUT2D eigenvalue weighted by molar-refractivity contribution is 6.30. The van der Waals surface area contributed by atoms with Crippen LogP contribution < -0.4 is 5.06 Å². The third kappa shape index (κ3) is 6.85. The third-order valence-corrected chi connectivity index (χ3v) is 3.77. The van der Waals surface area contributed by atoms with E-state index in [0.717, 1.165) is 11.4 Å². The lowest BCUT2D eigenvalue weighted by atomic mass is 9.90. The lowest BCUT2D eigenvalue weighted by Crippen LogP contribution is -2.50. The van der Waals surface area contributed by atoms with Gasteiger partial charge in [0.1, 0.15) is 5.60 Å². The predicted octanol–water partition coefficient (Wildman–Crippen LogP) is 2.25. The van der Waals surface area contributed by atoms with Gasteiger partial charge in [-0.2, -0.15) is 0 Å². The summed E-state index contributed by atoms with van der Waals surface area (Å²) in [6, 6.07) is 19.7. The van der Waals surface area contributed by atoms with Gasteiger partial charge < -0.3 is 20.2 Å². The second-order valence-corrected chi connectivity index (χ2v) is 6.47. The maximum absolute atomic E-state index is 10.3. The third-order valence-electron chi connectivity index (χ3n) is 3.77. The summed E-state index contributed by atoms with van der Waals surface area (Å²) in [7, 11) is -2.17. The van der Waals surface area contributed by atoms with Crippen molar-refractivity contribution in [1.29, 1.82) is 0 Å². The van der Waals surface area contributed by atoms with Gasteiger partial charge >= 0.3 is 7.32 Å². The fourth-order valence-electron chi connectivity index (χ4n) is 1.72. The number of para-hydroxylation sites is 2. The molecule has 0 aliphatic carbocycles. The topological polar surface area (TPSA) is 93.4 Å². The molecule has 0 spiro atoms. The van der Waals surface area contributed by atoms with Gasteiger partial charge in [0, 0.05) is 0 Å². The lowest BCUT2D eigenvalue weighted by molar-refractivity contribution is -0.147. The molecule has 6 nitrogen and oxygen atoms in total. The highest BCUT2D eigenvalue weighted by Gasteiger charge is 2.39. The van der Waals surface area contributed by atoms with Gasteiger partial charge in [-0.3, -0.25) is 4.84 Å². The monoisotopic (exact) mass is 347 g/mol. The summed E-state index contributed by atoms with van der Waals surface area (Å²) in [5.41, 5.74) is 0.107. The molecule has 136 valence electrons. The van der Waals surface area contributed by atoms with E-state index in [2.05, 4.69) is 0 Å². The molecule has 0 amide bonds. The lowest BCUT2D eigenvalue weighted by Gasteiger charge is -2.40. The summed E-state index contributed by atoms with van der Waals surface area (Å²) in [4.78, 5) is 6.16. The minimum atomic E-state index is -2.17. The molecule has 4 N–H and O–H groups in total. The fourth-order valence-corrected chi connectivity index (χ4v) is 1.72. The Morgan fingerprint density at radius 1 is 0.760 bits per heavy atom. The van der Waals surface area contributed by atoms with Gasteiger partial charge in [-0.05, 0) is 52.0 Å². The van der Waals surface area contributed by atoms with Gasteiger partial charge in [0.25, 0.3) is 0 Å². The summed E-state index contributed by atoms with van der Waals surface area (Å²) in [5, 5.41) is 33.6. The summed E-state index contributed by atoms with van der Waals surface area (Å²) < 4.78 is 0. The van der Waals surface area contributed by atoms with E-state index >= 15 is 0 Å². The number of rotatable bonds is 5. The van der Waals surface area contributed by atoms with Gasteiger partial charge in [-0.25, -0.2) is 5.06 Å². The van der Waals surface area contributed by atoms with Crippen LogP contribution in [0.5, 0.6) is 0 Å². The molecule has 2 aromatic rings. The Morgan fingerprint density at radius 3 is 1.36 bits per heavy atom. The second kappa shape index (κ2) is 8.98. The van der Waals surface area contributed by atoms with Gasteiger partial charge in [-0.1, -0.05) is 36.4 Å².